The van der Waals surface area contributed by atoms with Gasteiger partial charge in [-0.3, -0.25) is 14.4 Å². The number of nitrogens with one attached hydrogen (secondary N) is 3. The van der Waals surface area contributed by atoms with E-state index in [1.807, 2.05) is 30.3 Å². The molecule has 0 aliphatic heterocycles. The lowest BCUT2D eigenvalue weighted by molar-refractivity contribution is -0.116. The lowest BCUT2D eigenvalue weighted by Gasteiger charge is -2.06. The highest BCUT2D eigenvalue weighted by Gasteiger charge is 2.10. The number of carbonyl (C=O) groups excluding carboxylic acids is 2. The van der Waals surface area contributed by atoms with Crippen LogP contribution in [0.4, 0.5) is 0 Å². The molecule has 0 aliphatic rings. The highest BCUT2D eigenvalue weighted by molar-refractivity contribution is 5.93. The number of hydrogen-bond donors (Lipinski definition) is 3. The molecule has 7 nitrogen and oxygen atoms in total. The molecule has 0 atom stereocenters. The standard InChI is InChI=1S/C21H20N4O3/c26-18(12-11-15-7-2-1-3-8-15)22-13-6-14-23-21(28)19-24-17-10-5-4-9-16(17)20(27)25-19/h1-5,7-12H,6,13-14H2,(H,22,26)(H,23,28)(H,24,25,27)/b12-11+. The number of benzene rings is 2. The molecule has 142 valence electrons. The lowest BCUT2D eigenvalue weighted by Crippen LogP contribution is -2.31. The fraction of sp³-hybridized carbons (Fsp3) is 0.143. The predicted octanol–water partition coefficient (Wildman–Crippen LogP) is 1.87. The van der Waals surface area contributed by atoms with Crippen LogP contribution in [-0.4, -0.2) is 34.9 Å². The van der Waals surface area contributed by atoms with Crippen molar-refractivity contribution in [3.8, 4) is 0 Å². The van der Waals surface area contributed by atoms with Crippen molar-refractivity contribution in [3.05, 3.63) is 82.4 Å². The summed E-state index contributed by atoms with van der Waals surface area (Å²) in [6, 6.07) is 16.4. The minimum atomic E-state index is -0.460. The Balaban J connectivity index is 1.43. The Labute approximate surface area is 161 Å². The van der Waals surface area contributed by atoms with E-state index in [9.17, 15) is 14.4 Å². The molecule has 0 saturated heterocycles. The number of hydrogen-bond acceptors (Lipinski definition) is 4. The van der Waals surface area contributed by atoms with Gasteiger partial charge in [-0.2, -0.15) is 0 Å². The van der Waals surface area contributed by atoms with E-state index in [2.05, 4.69) is 20.6 Å². The number of para-hydroxylation sites is 1. The van der Waals surface area contributed by atoms with Gasteiger partial charge in [0.05, 0.1) is 10.9 Å². The Morgan fingerprint density at radius 2 is 1.68 bits per heavy atom. The van der Waals surface area contributed by atoms with Crippen LogP contribution in [0.3, 0.4) is 0 Å². The van der Waals surface area contributed by atoms with Gasteiger partial charge in [0, 0.05) is 19.2 Å². The average Bonchev–Trinajstić information content (AvgIpc) is 2.72. The zero-order valence-corrected chi connectivity index (χ0v) is 15.1. The normalized spacial score (nSPS) is 10.9. The number of carbonyl (C=O) groups is 2. The summed E-state index contributed by atoms with van der Waals surface area (Å²) in [5, 5.41) is 5.87. The second-order valence-electron chi connectivity index (χ2n) is 6.08. The number of H-pyrrole nitrogens is 1. The molecule has 0 saturated carbocycles. The zero-order chi connectivity index (χ0) is 19.8. The second-order valence-corrected chi connectivity index (χ2v) is 6.08. The Bertz CT molecular complexity index is 1060. The first-order chi connectivity index (χ1) is 13.6. The molecular formula is C21H20N4O3. The Morgan fingerprint density at radius 3 is 2.50 bits per heavy atom. The molecule has 0 spiro atoms. The summed E-state index contributed by atoms with van der Waals surface area (Å²) in [4.78, 5) is 42.6. The van der Waals surface area contributed by atoms with Crippen molar-refractivity contribution in [3.63, 3.8) is 0 Å². The molecule has 28 heavy (non-hydrogen) atoms. The van der Waals surface area contributed by atoms with E-state index >= 15 is 0 Å². The van der Waals surface area contributed by atoms with Gasteiger partial charge in [-0.25, -0.2) is 4.98 Å². The van der Waals surface area contributed by atoms with Crippen molar-refractivity contribution >= 4 is 28.8 Å². The van der Waals surface area contributed by atoms with Gasteiger partial charge in [0.25, 0.3) is 11.5 Å². The van der Waals surface area contributed by atoms with Crippen LogP contribution in [0.2, 0.25) is 0 Å². The van der Waals surface area contributed by atoms with Crippen molar-refractivity contribution in [2.24, 2.45) is 0 Å². The van der Waals surface area contributed by atoms with Crippen LogP contribution >= 0.6 is 0 Å². The van der Waals surface area contributed by atoms with Crippen molar-refractivity contribution in [2.45, 2.75) is 6.42 Å². The van der Waals surface area contributed by atoms with E-state index in [1.54, 1.807) is 30.3 Å². The summed E-state index contributed by atoms with van der Waals surface area (Å²) in [5.41, 5.74) is 1.06. The number of amides is 2. The molecule has 1 heterocycles. The van der Waals surface area contributed by atoms with Gasteiger partial charge >= 0.3 is 0 Å². The number of aromatic nitrogens is 2. The first-order valence-corrected chi connectivity index (χ1v) is 8.92. The first-order valence-electron chi connectivity index (χ1n) is 8.92. The number of aromatic amines is 1. The van der Waals surface area contributed by atoms with Crippen LogP contribution in [0.1, 0.15) is 22.6 Å². The van der Waals surface area contributed by atoms with E-state index < -0.39 is 5.91 Å². The van der Waals surface area contributed by atoms with Crippen LogP contribution in [0, 0.1) is 0 Å². The third kappa shape index (κ3) is 5.14. The van der Waals surface area contributed by atoms with Gasteiger partial charge in [-0.05, 0) is 30.2 Å². The van der Waals surface area contributed by atoms with Crippen molar-refractivity contribution in [1.82, 2.24) is 20.6 Å². The maximum absolute atomic E-state index is 12.2. The molecule has 0 bridgehead atoms. The van der Waals surface area contributed by atoms with Gasteiger partial charge in [-0.15, -0.1) is 0 Å². The molecule has 1 aromatic heterocycles. The SMILES string of the molecule is O=C(/C=C/c1ccccc1)NCCCNC(=O)c1nc2ccccc2c(=O)[nH]1. The molecule has 0 radical (unpaired) electrons. The molecule has 7 heteroatoms. The lowest BCUT2D eigenvalue weighted by atomic mass is 10.2. The molecule has 3 rings (SSSR count). The summed E-state index contributed by atoms with van der Waals surface area (Å²) < 4.78 is 0. The van der Waals surface area contributed by atoms with E-state index in [0.29, 0.717) is 30.4 Å². The van der Waals surface area contributed by atoms with Gasteiger partial charge in [0.15, 0.2) is 5.82 Å². The monoisotopic (exact) mass is 376 g/mol. The third-order valence-electron chi connectivity index (χ3n) is 3.99. The molecule has 2 aromatic carbocycles. The van der Waals surface area contributed by atoms with Crippen molar-refractivity contribution in [1.29, 1.82) is 0 Å². The fourth-order valence-electron chi connectivity index (χ4n) is 2.57. The Kier molecular flexibility index (Phi) is 6.30. The number of nitrogens with zero attached hydrogens (tertiary/aromatic N) is 1. The summed E-state index contributed by atoms with van der Waals surface area (Å²) in [7, 11) is 0. The molecule has 0 fully saturated rings. The molecule has 3 N–H and O–H groups in total. The Hall–Kier alpha value is -3.74. The van der Waals surface area contributed by atoms with Crippen LogP contribution < -0.4 is 16.2 Å². The largest absolute Gasteiger partial charge is 0.352 e. The van der Waals surface area contributed by atoms with Gasteiger partial charge in [0.1, 0.15) is 0 Å². The fourth-order valence-corrected chi connectivity index (χ4v) is 2.57. The van der Waals surface area contributed by atoms with Crippen LogP contribution in [-0.2, 0) is 4.79 Å². The Morgan fingerprint density at radius 1 is 0.964 bits per heavy atom. The molecular weight excluding hydrogens is 356 g/mol. The van der Waals surface area contributed by atoms with E-state index in [-0.39, 0.29) is 17.3 Å². The van der Waals surface area contributed by atoms with Crippen molar-refractivity contribution < 1.29 is 9.59 Å². The smallest absolute Gasteiger partial charge is 0.287 e. The topological polar surface area (TPSA) is 104 Å². The van der Waals surface area contributed by atoms with E-state index in [0.717, 1.165) is 5.56 Å². The maximum atomic E-state index is 12.2. The average molecular weight is 376 g/mol. The van der Waals surface area contributed by atoms with Gasteiger partial charge in [0.2, 0.25) is 5.91 Å². The summed E-state index contributed by atoms with van der Waals surface area (Å²) in [6.45, 7) is 0.762. The van der Waals surface area contributed by atoms with Crippen LogP contribution in [0.15, 0.2) is 65.5 Å². The van der Waals surface area contributed by atoms with E-state index in [4.69, 9.17) is 0 Å². The zero-order valence-electron chi connectivity index (χ0n) is 15.1. The maximum Gasteiger partial charge on any atom is 0.287 e. The van der Waals surface area contributed by atoms with Gasteiger partial charge in [-0.1, -0.05) is 42.5 Å². The highest BCUT2D eigenvalue weighted by Crippen LogP contribution is 2.05. The molecule has 2 amide bonds. The molecule has 0 unspecified atom stereocenters. The van der Waals surface area contributed by atoms with E-state index in [1.165, 1.54) is 6.08 Å². The molecule has 0 aliphatic carbocycles. The highest BCUT2D eigenvalue weighted by atomic mass is 16.2. The quantitative estimate of drug-likeness (QED) is 0.432. The second kappa shape index (κ2) is 9.27. The summed E-state index contributed by atoms with van der Waals surface area (Å²) in [5.74, 6) is -0.688. The van der Waals surface area contributed by atoms with Gasteiger partial charge < -0.3 is 15.6 Å². The number of fused-ring (bicyclic) bond motifs is 1. The number of rotatable bonds is 7. The third-order valence-corrected chi connectivity index (χ3v) is 3.99. The minimum absolute atomic E-state index is 0.0291. The first kappa shape index (κ1) is 19.0. The van der Waals surface area contributed by atoms with Crippen molar-refractivity contribution in [2.75, 3.05) is 13.1 Å². The molecule has 3 aromatic rings. The minimum Gasteiger partial charge on any atom is -0.352 e. The predicted molar refractivity (Wildman–Crippen MR) is 108 cm³/mol. The summed E-state index contributed by atoms with van der Waals surface area (Å²) in [6.07, 6.45) is 3.75. The van der Waals surface area contributed by atoms with Crippen LogP contribution in [0.5, 0.6) is 0 Å². The summed E-state index contributed by atoms with van der Waals surface area (Å²) >= 11 is 0. The van der Waals surface area contributed by atoms with Crippen LogP contribution in [0.25, 0.3) is 17.0 Å².